The Balaban J connectivity index is 0.00000256. The third-order valence-electron chi connectivity index (χ3n) is 2.33. The molecule has 0 aliphatic carbocycles. The molecule has 17 heavy (non-hydrogen) atoms. The molecule has 0 amide bonds. The number of rotatable bonds is 5. The van der Waals surface area contributed by atoms with Crippen LogP contribution in [0.5, 0.6) is 0 Å². The molecule has 94 valence electrons. The molecule has 0 radical (unpaired) electrons. The number of benzene rings is 1. The molecule has 0 aliphatic rings. The molecule has 0 aromatic heterocycles. The number of hydrogen-bond donors (Lipinski definition) is 1. The summed E-state index contributed by atoms with van der Waals surface area (Å²) in [6.45, 7) is 4.13. The van der Waals surface area contributed by atoms with Gasteiger partial charge in [-0.05, 0) is 24.0 Å². The first kappa shape index (κ1) is 15.9. The minimum absolute atomic E-state index is 0. The Labute approximate surface area is 109 Å². The largest absolute Gasteiger partial charge is 0.321 e. The van der Waals surface area contributed by atoms with E-state index in [0.717, 1.165) is 12.0 Å². The van der Waals surface area contributed by atoms with E-state index in [4.69, 9.17) is 5.73 Å². The van der Waals surface area contributed by atoms with E-state index in [2.05, 4.69) is 13.8 Å². The highest BCUT2D eigenvalue weighted by atomic mass is 35.5. The second kappa shape index (κ2) is 8.04. The first-order chi connectivity index (χ1) is 7.59. The first-order valence-corrected chi connectivity index (χ1v) is 5.62. The molecule has 0 saturated heterocycles. The summed E-state index contributed by atoms with van der Waals surface area (Å²) >= 11 is 0. The fourth-order valence-corrected chi connectivity index (χ4v) is 1.49. The van der Waals surface area contributed by atoms with Crippen LogP contribution < -0.4 is 5.73 Å². The average molecular weight is 254 g/mol. The Morgan fingerprint density at radius 3 is 2.41 bits per heavy atom. The number of nitrogens with two attached hydrogens (primary N) is 1. The molecular weight excluding hydrogens is 234 g/mol. The second-order valence-electron chi connectivity index (χ2n) is 4.38. The molecule has 2 nitrogen and oxygen atoms in total. The lowest BCUT2D eigenvalue weighted by atomic mass is 10.0. The van der Waals surface area contributed by atoms with Gasteiger partial charge in [-0.3, -0.25) is 4.79 Å². The van der Waals surface area contributed by atoms with Gasteiger partial charge in [0.05, 0.1) is 6.04 Å². The van der Waals surface area contributed by atoms with Gasteiger partial charge in [0.1, 0.15) is 0 Å². The SMILES string of the molecule is CC(C)CC(N)C(=O)C=Cc1ccccc1.Cl. The molecule has 1 aromatic rings. The maximum atomic E-state index is 11.6. The van der Waals surface area contributed by atoms with Crippen LogP contribution in [0.15, 0.2) is 36.4 Å². The highest BCUT2D eigenvalue weighted by Crippen LogP contribution is 2.06. The highest BCUT2D eigenvalue weighted by molar-refractivity contribution is 5.97. The van der Waals surface area contributed by atoms with Crippen molar-refractivity contribution in [2.45, 2.75) is 26.3 Å². The summed E-state index contributed by atoms with van der Waals surface area (Å²) < 4.78 is 0. The van der Waals surface area contributed by atoms with Crippen molar-refractivity contribution < 1.29 is 4.79 Å². The fourth-order valence-electron chi connectivity index (χ4n) is 1.49. The number of carbonyl (C=O) groups is 1. The van der Waals surface area contributed by atoms with Crippen molar-refractivity contribution in [2.24, 2.45) is 11.7 Å². The summed E-state index contributed by atoms with van der Waals surface area (Å²) in [6.07, 6.45) is 4.11. The maximum absolute atomic E-state index is 11.6. The van der Waals surface area contributed by atoms with Crippen LogP contribution in [0, 0.1) is 5.92 Å². The van der Waals surface area contributed by atoms with Crippen LogP contribution >= 0.6 is 12.4 Å². The van der Waals surface area contributed by atoms with E-state index >= 15 is 0 Å². The molecule has 0 heterocycles. The Morgan fingerprint density at radius 2 is 1.88 bits per heavy atom. The van der Waals surface area contributed by atoms with E-state index in [0.29, 0.717) is 5.92 Å². The fraction of sp³-hybridized carbons (Fsp3) is 0.357. The third kappa shape index (κ3) is 6.25. The van der Waals surface area contributed by atoms with Gasteiger partial charge in [-0.25, -0.2) is 0 Å². The quantitative estimate of drug-likeness (QED) is 0.820. The van der Waals surface area contributed by atoms with Crippen LogP contribution in [-0.2, 0) is 4.79 Å². The Morgan fingerprint density at radius 1 is 1.29 bits per heavy atom. The van der Waals surface area contributed by atoms with E-state index in [1.54, 1.807) is 6.08 Å². The maximum Gasteiger partial charge on any atom is 0.172 e. The predicted molar refractivity (Wildman–Crippen MR) is 75.2 cm³/mol. The van der Waals surface area contributed by atoms with Crippen molar-refractivity contribution in [3.05, 3.63) is 42.0 Å². The molecule has 0 bridgehead atoms. The molecule has 1 rings (SSSR count). The predicted octanol–water partition coefficient (Wildman–Crippen LogP) is 3.06. The molecule has 0 saturated carbocycles. The minimum Gasteiger partial charge on any atom is -0.321 e. The van der Waals surface area contributed by atoms with Gasteiger partial charge < -0.3 is 5.73 Å². The van der Waals surface area contributed by atoms with Crippen molar-refractivity contribution in [2.75, 3.05) is 0 Å². The summed E-state index contributed by atoms with van der Waals surface area (Å²) in [5.41, 5.74) is 6.80. The minimum atomic E-state index is -0.375. The monoisotopic (exact) mass is 253 g/mol. The Kier molecular flexibility index (Phi) is 7.51. The van der Waals surface area contributed by atoms with Crippen LogP contribution in [0.25, 0.3) is 6.08 Å². The normalized spacial score (nSPS) is 12.5. The summed E-state index contributed by atoms with van der Waals surface area (Å²) in [6, 6.07) is 9.37. The molecule has 1 aromatic carbocycles. The molecular formula is C14H20ClNO. The molecule has 1 atom stereocenters. The number of halogens is 1. The van der Waals surface area contributed by atoms with Crippen molar-refractivity contribution in [3.63, 3.8) is 0 Å². The average Bonchev–Trinajstić information content (AvgIpc) is 2.26. The van der Waals surface area contributed by atoms with Crippen molar-refractivity contribution in [1.29, 1.82) is 0 Å². The van der Waals surface area contributed by atoms with Crippen molar-refractivity contribution in [1.82, 2.24) is 0 Å². The molecule has 3 heteroatoms. The van der Waals surface area contributed by atoms with Gasteiger partial charge in [-0.2, -0.15) is 0 Å². The van der Waals surface area contributed by atoms with Gasteiger partial charge in [-0.1, -0.05) is 50.3 Å². The topological polar surface area (TPSA) is 43.1 Å². The van der Waals surface area contributed by atoms with Crippen molar-refractivity contribution >= 4 is 24.3 Å². The van der Waals surface area contributed by atoms with Crippen molar-refractivity contribution in [3.8, 4) is 0 Å². The molecule has 0 spiro atoms. The summed E-state index contributed by atoms with van der Waals surface area (Å²) in [4.78, 5) is 11.6. The van der Waals surface area contributed by atoms with E-state index < -0.39 is 0 Å². The molecule has 0 fully saturated rings. The van der Waals surface area contributed by atoms with Gasteiger partial charge in [0, 0.05) is 0 Å². The summed E-state index contributed by atoms with van der Waals surface area (Å²) in [5.74, 6) is 0.446. The van der Waals surface area contributed by atoms with Gasteiger partial charge in [0.15, 0.2) is 5.78 Å². The molecule has 2 N–H and O–H groups in total. The standard InChI is InChI=1S/C14H19NO.ClH/c1-11(2)10-13(15)14(16)9-8-12-6-4-3-5-7-12;/h3-9,11,13H,10,15H2,1-2H3;1H. The number of ketones is 1. The molecule has 0 aliphatic heterocycles. The van der Waals surface area contributed by atoms with E-state index in [9.17, 15) is 4.79 Å². The Hall–Kier alpha value is -1.12. The zero-order valence-electron chi connectivity index (χ0n) is 10.3. The zero-order valence-corrected chi connectivity index (χ0v) is 11.1. The van der Waals surface area contributed by atoms with Crippen LogP contribution in [0.4, 0.5) is 0 Å². The smallest absolute Gasteiger partial charge is 0.172 e. The van der Waals surface area contributed by atoms with E-state index in [1.807, 2.05) is 36.4 Å². The number of hydrogen-bond acceptors (Lipinski definition) is 2. The van der Waals surface area contributed by atoms with Gasteiger partial charge in [-0.15, -0.1) is 12.4 Å². The summed E-state index contributed by atoms with van der Waals surface area (Å²) in [7, 11) is 0. The molecule has 1 unspecified atom stereocenters. The van der Waals surface area contributed by atoms with Crippen LogP contribution in [0.1, 0.15) is 25.8 Å². The van der Waals surface area contributed by atoms with Crippen LogP contribution in [-0.4, -0.2) is 11.8 Å². The van der Waals surface area contributed by atoms with Crippen LogP contribution in [0.3, 0.4) is 0 Å². The second-order valence-corrected chi connectivity index (χ2v) is 4.38. The lowest BCUT2D eigenvalue weighted by Gasteiger charge is -2.10. The van der Waals surface area contributed by atoms with Gasteiger partial charge in [0.2, 0.25) is 0 Å². The third-order valence-corrected chi connectivity index (χ3v) is 2.33. The summed E-state index contributed by atoms with van der Waals surface area (Å²) in [5, 5.41) is 0. The van der Waals surface area contributed by atoms with E-state index in [-0.39, 0.29) is 24.2 Å². The van der Waals surface area contributed by atoms with E-state index in [1.165, 1.54) is 0 Å². The van der Waals surface area contributed by atoms with Gasteiger partial charge in [0.25, 0.3) is 0 Å². The first-order valence-electron chi connectivity index (χ1n) is 5.62. The van der Waals surface area contributed by atoms with Gasteiger partial charge >= 0.3 is 0 Å². The Bertz CT molecular complexity index is 360. The number of carbonyl (C=O) groups excluding carboxylic acids is 1. The van der Waals surface area contributed by atoms with Crippen LogP contribution in [0.2, 0.25) is 0 Å². The zero-order chi connectivity index (χ0) is 12.0. The lowest BCUT2D eigenvalue weighted by molar-refractivity contribution is -0.116. The highest BCUT2D eigenvalue weighted by Gasteiger charge is 2.11. The lowest BCUT2D eigenvalue weighted by Crippen LogP contribution is -2.30.